The summed E-state index contributed by atoms with van der Waals surface area (Å²) in [6.45, 7) is 0. The van der Waals surface area contributed by atoms with E-state index in [0.717, 1.165) is 0 Å². The van der Waals surface area contributed by atoms with Crippen LogP contribution in [0.1, 0.15) is 6.42 Å². The molecule has 3 heteroatoms. The lowest BCUT2D eigenvalue weighted by Gasteiger charge is -2.03. The SMILES string of the molecule is NC1=C(O)C=CCC1=O. The maximum Gasteiger partial charge on any atom is 0.186 e. The van der Waals surface area contributed by atoms with Gasteiger partial charge in [-0.25, -0.2) is 0 Å². The number of aliphatic hydroxyl groups excluding tert-OH is 1. The highest BCUT2D eigenvalue weighted by Crippen LogP contribution is 2.07. The van der Waals surface area contributed by atoms with E-state index in [9.17, 15) is 4.79 Å². The second-order valence-corrected chi connectivity index (χ2v) is 1.83. The minimum Gasteiger partial charge on any atom is -0.506 e. The smallest absolute Gasteiger partial charge is 0.186 e. The first kappa shape index (κ1) is 5.88. The molecule has 0 fully saturated rings. The molecule has 1 aliphatic carbocycles. The fraction of sp³-hybridized carbons (Fsp3) is 0.167. The summed E-state index contributed by atoms with van der Waals surface area (Å²) in [4.78, 5) is 10.6. The highest BCUT2D eigenvalue weighted by Gasteiger charge is 2.11. The lowest BCUT2D eigenvalue weighted by atomic mass is 10.1. The van der Waals surface area contributed by atoms with Crippen LogP contribution in [-0.4, -0.2) is 10.9 Å². The van der Waals surface area contributed by atoms with Crippen molar-refractivity contribution < 1.29 is 9.90 Å². The van der Waals surface area contributed by atoms with Crippen molar-refractivity contribution in [1.29, 1.82) is 0 Å². The van der Waals surface area contributed by atoms with Gasteiger partial charge in [-0.05, 0) is 6.08 Å². The fourth-order valence-corrected chi connectivity index (χ4v) is 0.620. The maximum absolute atomic E-state index is 10.6. The molecule has 0 aromatic carbocycles. The first-order valence-electron chi connectivity index (χ1n) is 2.60. The van der Waals surface area contributed by atoms with Gasteiger partial charge in [-0.2, -0.15) is 0 Å². The zero-order valence-electron chi connectivity index (χ0n) is 4.79. The van der Waals surface area contributed by atoms with Crippen molar-refractivity contribution in [2.45, 2.75) is 6.42 Å². The number of aliphatic hydroxyl groups is 1. The molecule has 3 nitrogen and oxygen atoms in total. The average Bonchev–Trinajstić information content (AvgIpc) is 1.83. The number of nitrogens with two attached hydrogens (primary N) is 1. The topological polar surface area (TPSA) is 63.3 Å². The summed E-state index contributed by atoms with van der Waals surface area (Å²) >= 11 is 0. The second kappa shape index (κ2) is 1.93. The van der Waals surface area contributed by atoms with Crippen LogP contribution >= 0.6 is 0 Å². The summed E-state index contributed by atoms with van der Waals surface area (Å²) in [5.74, 6) is -0.332. The Balaban J connectivity index is 2.97. The summed E-state index contributed by atoms with van der Waals surface area (Å²) in [5, 5.41) is 8.80. The normalized spacial score (nSPS) is 18.9. The van der Waals surface area contributed by atoms with Gasteiger partial charge in [-0.1, -0.05) is 6.08 Å². The Morgan fingerprint density at radius 2 is 2.33 bits per heavy atom. The molecule has 9 heavy (non-hydrogen) atoms. The van der Waals surface area contributed by atoms with Crippen molar-refractivity contribution in [3.63, 3.8) is 0 Å². The number of rotatable bonds is 0. The summed E-state index contributed by atoms with van der Waals surface area (Å²) in [7, 11) is 0. The van der Waals surface area contributed by atoms with Crippen molar-refractivity contribution in [3.05, 3.63) is 23.6 Å². The van der Waals surface area contributed by atoms with Crippen LogP contribution in [0.25, 0.3) is 0 Å². The fourth-order valence-electron chi connectivity index (χ4n) is 0.620. The molecule has 0 bridgehead atoms. The maximum atomic E-state index is 10.6. The first-order valence-corrected chi connectivity index (χ1v) is 2.60. The van der Waals surface area contributed by atoms with Crippen LogP contribution in [0.15, 0.2) is 23.6 Å². The standard InChI is InChI=1S/C6H7NO2/c7-6-4(8)2-1-3-5(6)9/h1-2,8H,3,7H2. The highest BCUT2D eigenvalue weighted by molar-refractivity contribution is 5.97. The van der Waals surface area contributed by atoms with Gasteiger partial charge in [0.25, 0.3) is 0 Å². The molecule has 0 spiro atoms. The molecule has 0 saturated carbocycles. The van der Waals surface area contributed by atoms with Crippen LogP contribution in [0.5, 0.6) is 0 Å². The van der Waals surface area contributed by atoms with Crippen molar-refractivity contribution >= 4 is 5.78 Å². The van der Waals surface area contributed by atoms with E-state index in [0.29, 0.717) is 6.42 Å². The quantitative estimate of drug-likeness (QED) is 0.487. The van der Waals surface area contributed by atoms with E-state index in [1.165, 1.54) is 6.08 Å². The average molecular weight is 125 g/mol. The molecule has 1 rings (SSSR count). The van der Waals surface area contributed by atoms with E-state index in [-0.39, 0.29) is 17.2 Å². The number of carbonyl (C=O) groups excluding carboxylic acids is 1. The van der Waals surface area contributed by atoms with Gasteiger partial charge in [-0.3, -0.25) is 4.79 Å². The summed E-state index contributed by atoms with van der Waals surface area (Å²) < 4.78 is 0. The molecule has 0 heterocycles. The van der Waals surface area contributed by atoms with E-state index in [4.69, 9.17) is 10.8 Å². The van der Waals surface area contributed by atoms with Crippen molar-refractivity contribution in [3.8, 4) is 0 Å². The molecular formula is C6H7NO2. The highest BCUT2D eigenvalue weighted by atomic mass is 16.3. The van der Waals surface area contributed by atoms with Crippen molar-refractivity contribution in [2.75, 3.05) is 0 Å². The van der Waals surface area contributed by atoms with Crippen LogP contribution in [0.2, 0.25) is 0 Å². The summed E-state index contributed by atoms with van der Waals surface area (Å²) in [6.07, 6.45) is 3.31. The van der Waals surface area contributed by atoms with Gasteiger partial charge in [0, 0.05) is 6.42 Å². The number of allylic oxidation sites excluding steroid dienone is 3. The van der Waals surface area contributed by atoms with Gasteiger partial charge in [-0.15, -0.1) is 0 Å². The monoisotopic (exact) mass is 125 g/mol. The molecule has 0 unspecified atom stereocenters. The third-order valence-corrected chi connectivity index (χ3v) is 1.16. The van der Waals surface area contributed by atoms with Gasteiger partial charge in [0.1, 0.15) is 11.5 Å². The predicted octanol–water partition coefficient (Wildman–Crippen LogP) is 0.244. The number of hydrogen-bond acceptors (Lipinski definition) is 3. The number of carbonyl (C=O) groups is 1. The van der Waals surface area contributed by atoms with E-state index >= 15 is 0 Å². The predicted molar refractivity (Wildman–Crippen MR) is 32.6 cm³/mol. The Kier molecular flexibility index (Phi) is 1.26. The Labute approximate surface area is 52.5 Å². The van der Waals surface area contributed by atoms with Crippen molar-refractivity contribution in [2.24, 2.45) is 5.73 Å². The zero-order chi connectivity index (χ0) is 6.85. The van der Waals surface area contributed by atoms with Gasteiger partial charge in [0.05, 0.1) is 0 Å². The molecule has 3 N–H and O–H groups in total. The van der Waals surface area contributed by atoms with Gasteiger partial charge < -0.3 is 10.8 Å². The molecular weight excluding hydrogens is 118 g/mol. The molecule has 1 aliphatic rings. The lowest BCUT2D eigenvalue weighted by molar-refractivity contribution is -0.115. The number of hydrogen-bond donors (Lipinski definition) is 2. The third-order valence-electron chi connectivity index (χ3n) is 1.16. The van der Waals surface area contributed by atoms with Gasteiger partial charge in [0.2, 0.25) is 0 Å². The molecule has 0 aromatic rings. The Bertz CT molecular complexity index is 203. The molecule has 0 saturated heterocycles. The van der Waals surface area contributed by atoms with Crippen LogP contribution in [0, 0.1) is 0 Å². The lowest BCUT2D eigenvalue weighted by Crippen LogP contribution is -2.15. The number of Topliss-reactive ketones (excluding diaryl/α,β-unsaturated/α-hetero) is 1. The minimum atomic E-state index is -0.213. The second-order valence-electron chi connectivity index (χ2n) is 1.83. The van der Waals surface area contributed by atoms with Gasteiger partial charge in [0.15, 0.2) is 5.78 Å². The molecule has 0 aromatic heterocycles. The molecule has 0 amide bonds. The van der Waals surface area contributed by atoms with Gasteiger partial charge >= 0.3 is 0 Å². The van der Waals surface area contributed by atoms with Crippen LogP contribution < -0.4 is 5.73 Å². The molecule has 48 valence electrons. The van der Waals surface area contributed by atoms with E-state index in [1.807, 2.05) is 0 Å². The Hall–Kier alpha value is -1.25. The summed E-state index contributed by atoms with van der Waals surface area (Å²) in [5.41, 5.74) is 5.12. The molecule has 0 radical (unpaired) electrons. The van der Waals surface area contributed by atoms with E-state index in [1.54, 1.807) is 6.08 Å². The first-order chi connectivity index (χ1) is 4.22. The van der Waals surface area contributed by atoms with Crippen LogP contribution in [0.4, 0.5) is 0 Å². The zero-order valence-corrected chi connectivity index (χ0v) is 4.79. The minimum absolute atomic E-state index is 0.0301. The molecule has 0 atom stereocenters. The van der Waals surface area contributed by atoms with Crippen LogP contribution in [-0.2, 0) is 4.79 Å². The third kappa shape index (κ3) is 0.937. The van der Waals surface area contributed by atoms with Crippen molar-refractivity contribution in [1.82, 2.24) is 0 Å². The van der Waals surface area contributed by atoms with E-state index < -0.39 is 0 Å². The Morgan fingerprint density at radius 1 is 1.67 bits per heavy atom. The molecule has 0 aliphatic heterocycles. The number of ketones is 1. The van der Waals surface area contributed by atoms with Crippen LogP contribution in [0.3, 0.4) is 0 Å². The van der Waals surface area contributed by atoms with E-state index in [2.05, 4.69) is 0 Å². The Morgan fingerprint density at radius 3 is 2.78 bits per heavy atom. The summed E-state index contributed by atoms with van der Waals surface area (Å²) in [6, 6.07) is 0. The largest absolute Gasteiger partial charge is 0.506 e.